The summed E-state index contributed by atoms with van der Waals surface area (Å²) in [5.74, 6) is -0.245. The van der Waals surface area contributed by atoms with Crippen molar-refractivity contribution in [3.05, 3.63) is 41.6 Å². The minimum absolute atomic E-state index is 0. The van der Waals surface area contributed by atoms with E-state index in [2.05, 4.69) is 10.3 Å². The number of nitrogens with zero attached hydrogens (tertiary/aromatic N) is 2. The zero-order valence-electron chi connectivity index (χ0n) is 16.2. The summed E-state index contributed by atoms with van der Waals surface area (Å²) < 4.78 is 0. The van der Waals surface area contributed by atoms with E-state index in [0.29, 0.717) is 5.56 Å². The summed E-state index contributed by atoms with van der Waals surface area (Å²) in [5, 5.41) is 3.60. The van der Waals surface area contributed by atoms with E-state index in [1.807, 2.05) is 50.8 Å². The van der Waals surface area contributed by atoms with E-state index in [1.165, 1.54) is 0 Å². The zero-order chi connectivity index (χ0) is 18.4. The van der Waals surface area contributed by atoms with Crippen molar-refractivity contribution in [1.82, 2.24) is 21.4 Å². The quantitative estimate of drug-likeness (QED) is 0.871. The topological polar surface area (TPSA) is 97.3 Å². The number of carbonyl (C=O) groups excluding carboxylic acids is 2. The first-order valence-electron chi connectivity index (χ1n) is 9.00. The molecule has 2 amide bonds. The molecule has 1 aliphatic rings. The lowest BCUT2D eigenvalue weighted by atomic mass is 10.0. The molecule has 1 aromatic heterocycles. The molecule has 26 heavy (non-hydrogen) atoms. The molecule has 4 N–H and O–H groups in total. The Bertz CT molecular complexity index is 761. The highest BCUT2D eigenvalue weighted by atomic mass is 16.2. The smallest absolute Gasteiger partial charge is 0.252 e. The molecule has 1 saturated heterocycles. The zero-order valence-corrected chi connectivity index (χ0v) is 16.2. The Morgan fingerprint density at radius 1 is 1.31 bits per heavy atom. The van der Waals surface area contributed by atoms with Crippen LogP contribution in [0.25, 0.3) is 10.9 Å². The number of amides is 2. The van der Waals surface area contributed by atoms with E-state index in [4.69, 9.17) is 0 Å². The molecule has 1 atom stereocenters. The highest BCUT2D eigenvalue weighted by molar-refractivity contribution is 6.07. The maximum atomic E-state index is 12.5. The number of carbonyl (C=O) groups is 2. The number of hydrogen-bond acceptors (Lipinski definition) is 4. The first kappa shape index (κ1) is 21.6. The van der Waals surface area contributed by atoms with Gasteiger partial charge in [-0.25, -0.2) is 0 Å². The molecule has 0 unspecified atom stereocenters. The van der Waals surface area contributed by atoms with Gasteiger partial charge in [-0.15, -0.1) is 0 Å². The summed E-state index contributed by atoms with van der Waals surface area (Å²) in [7, 11) is 0. The number of aromatic nitrogens is 1. The van der Waals surface area contributed by atoms with Crippen LogP contribution in [-0.2, 0) is 4.79 Å². The predicted octanol–water partition coefficient (Wildman–Crippen LogP) is 3.72. The number of nitrogens with one attached hydrogen (secondary N) is 1. The van der Waals surface area contributed by atoms with Gasteiger partial charge in [-0.2, -0.15) is 0 Å². The predicted molar refractivity (Wildman–Crippen MR) is 108 cm³/mol. The molecule has 1 aliphatic heterocycles. The number of rotatable bonds is 3. The van der Waals surface area contributed by atoms with Gasteiger partial charge in [0.05, 0.1) is 17.6 Å². The van der Waals surface area contributed by atoms with Gasteiger partial charge in [0.25, 0.3) is 5.91 Å². The Kier molecular flexibility index (Phi) is 8.19. The molecule has 0 spiro atoms. The first-order chi connectivity index (χ1) is 12.1. The summed E-state index contributed by atoms with van der Waals surface area (Å²) in [4.78, 5) is 30.9. The normalized spacial score (nSPS) is 15.7. The molecule has 2 aromatic rings. The van der Waals surface area contributed by atoms with Crippen LogP contribution in [0.3, 0.4) is 0 Å². The Balaban J connectivity index is 0.00000164. The average molecular weight is 361 g/mol. The number of benzene rings is 1. The molecule has 0 bridgehead atoms. The SMILES string of the molecule is CC.Cc1cccc2nccc(C(=O)NCC(=O)N3CCC[C@H]3C)c12.N.[HH]. The van der Waals surface area contributed by atoms with Crippen molar-refractivity contribution < 1.29 is 11.0 Å². The number of pyridine rings is 1. The molecule has 0 radical (unpaired) electrons. The van der Waals surface area contributed by atoms with Gasteiger partial charge >= 0.3 is 0 Å². The van der Waals surface area contributed by atoms with Crippen molar-refractivity contribution in [3.8, 4) is 0 Å². The summed E-state index contributed by atoms with van der Waals surface area (Å²) in [6.07, 6.45) is 3.70. The van der Waals surface area contributed by atoms with E-state index < -0.39 is 0 Å². The molecule has 6 heteroatoms. The van der Waals surface area contributed by atoms with Crippen LogP contribution >= 0.6 is 0 Å². The average Bonchev–Trinajstić information content (AvgIpc) is 3.07. The summed E-state index contributed by atoms with van der Waals surface area (Å²) in [6.45, 7) is 8.83. The van der Waals surface area contributed by atoms with E-state index in [1.54, 1.807) is 12.3 Å². The van der Waals surface area contributed by atoms with Crippen LogP contribution in [0.15, 0.2) is 30.5 Å². The maximum absolute atomic E-state index is 12.5. The fourth-order valence-electron chi connectivity index (χ4n) is 3.23. The Morgan fingerprint density at radius 3 is 2.69 bits per heavy atom. The third-order valence-corrected chi connectivity index (χ3v) is 4.49. The standard InChI is InChI=1S/C18H21N3O2.C2H6.H3N.H2/c1-12-5-3-7-15-17(12)14(8-9-19-15)18(23)20-11-16(22)21-10-4-6-13(21)2;1-2;;/h3,5,7-9,13H,4,6,10-11H2,1-2H3,(H,20,23);1-2H3;1H3;1H/t13-;;;/m1.../s1. The van der Waals surface area contributed by atoms with Crippen molar-refractivity contribution in [3.63, 3.8) is 0 Å². The lowest BCUT2D eigenvalue weighted by Gasteiger charge is -2.21. The molecular formula is C20H32N4O2. The first-order valence-corrected chi connectivity index (χ1v) is 9.00. The maximum Gasteiger partial charge on any atom is 0.252 e. The highest BCUT2D eigenvalue weighted by Crippen LogP contribution is 2.20. The third-order valence-electron chi connectivity index (χ3n) is 4.49. The third kappa shape index (κ3) is 4.58. The van der Waals surface area contributed by atoms with Gasteiger partial charge in [-0.3, -0.25) is 14.6 Å². The van der Waals surface area contributed by atoms with E-state index in [9.17, 15) is 9.59 Å². The van der Waals surface area contributed by atoms with Crippen LogP contribution in [0.5, 0.6) is 0 Å². The molecule has 144 valence electrons. The van der Waals surface area contributed by atoms with Gasteiger partial charge in [-0.1, -0.05) is 26.0 Å². The lowest BCUT2D eigenvalue weighted by Crippen LogP contribution is -2.41. The lowest BCUT2D eigenvalue weighted by molar-refractivity contribution is -0.130. The molecule has 1 fully saturated rings. The van der Waals surface area contributed by atoms with Crippen LogP contribution in [0, 0.1) is 6.92 Å². The summed E-state index contributed by atoms with van der Waals surface area (Å²) in [5.41, 5.74) is 2.35. The number of fused-ring (bicyclic) bond motifs is 1. The van der Waals surface area contributed by atoms with Gasteiger partial charge in [0.1, 0.15) is 0 Å². The van der Waals surface area contributed by atoms with Crippen molar-refractivity contribution >= 4 is 22.7 Å². The Labute approximate surface area is 157 Å². The second-order valence-electron chi connectivity index (χ2n) is 6.09. The van der Waals surface area contributed by atoms with E-state index >= 15 is 0 Å². The molecule has 2 heterocycles. The van der Waals surface area contributed by atoms with Gasteiger partial charge in [0, 0.05) is 25.6 Å². The van der Waals surface area contributed by atoms with Crippen LogP contribution in [0.2, 0.25) is 0 Å². The molecule has 3 rings (SSSR count). The van der Waals surface area contributed by atoms with E-state index in [-0.39, 0.29) is 32.0 Å². The van der Waals surface area contributed by atoms with Crippen LogP contribution in [-0.4, -0.2) is 40.8 Å². The van der Waals surface area contributed by atoms with Crippen molar-refractivity contribution in [2.75, 3.05) is 13.1 Å². The molecule has 0 saturated carbocycles. The molecule has 0 aliphatic carbocycles. The summed E-state index contributed by atoms with van der Waals surface area (Å²) >= 11 is 0. The molecular weight excluding hydrogens is 328 g/mol. The second-order valence-corrected chi connectivity index (χ2v) is 6.09. The number of aryl methyl sites for hydroxylation is 1. The van der Waals surface area contributed by atoms with Crippen molar-refractivity contribution in [2.45, 2.75) is 46.6 Å². The van der Waals surface area contributed by atoms with Gasteiger partial charge < -0.3 is 16.4 Å². The molecule has 1 aromatic carbocycles. The Morgan fingerprint density at radius 2 is 2.04 bits per heavy atom. The van der Waals surface area contributed by atoms with Crippen molar-refractivity contribution in [1.29, 1.82) is 0 Å². The van der Waals surface area contributed by atoms with Gasteiger partial charge in [0.2, 0.25) is 5.91 Å². The fourth-order valence-corrected chi connectivity index (χ4v) is 3.23. The van der Waals surface area contributed by atoms with Crippen molar-refractivity contribution in [2.24, 2.45) is 0 Å². The highest BCUT2D eigenvalue weighted by Gasteiger charge is 2.25. The Hall–Kier alpha value is -2.47. The van der Waals surface area contributed by atoms with Crippen LogP contribution < -0.4 is 11.5 Å². The van der Waals surface area contributed by atoms with Gasteiger partial charge in [0.15, 0.2) is 0 Å². The van der Waals surface area contributed by atoms with Crippen LogP contribution in [0.4, 0.5) is 0 Å². The monoisotopic (exact) mass is 360 g/mol. The van der Waals surface area contributed by atoms with Gasteiger partial charge in [-0.05, 0) is 44.4 Å². The second kappa shape index (κ2) is 9.87. The number of hydrogen-bond donors (Lipinski definition) is 2. The minimum atomic E-state index is -0.230. The minimum Gasteiger partial charge on any atom is -0.344 e. The van der Waals surface area contributed by atoms with E-state index in [0.717, 1.165) is 35.9 Å². The van der Waals surface area contributed by atoms with Crippen LogP contribution in [0.1, 0.15) is 51.0 Å². The fraction of sp³-hybridized carbons (Fsp3) is 0.450. The summed E-state index contributed by atoms with van der Waals surface area (Å²) in [6, 6.07) is 7.73. The molecule has 6 nitrogen and oxygen atoms in total. The number of likely N-dealkylation sites (tertiary alicyclic amines) is 1. The largest absolute Gasteiger partial charge is 0.344 e.